The number of rotatable bonds is 1. The van der Waals surface area contributed by atoms with E-state index in [9.17, 15) is 22.4 Å². The van der Waals surface area contributed by atoms with E-state index in [-0.39, 0.29) is 11.1 Å². The third-order valence-corrected chi connectivity index (χ3v) is 2.97. The van der Waals surface area contributed by atoms with Crippen LogP contribution in [0.2, 0.25) is 10.0 Å². The van der Waals surface area contributed by atoms with Crippen LogP contribution >= 0.6 is 23.2 Å². The van der Waals surface area contributed by atoms with E-state index in [4.69, 9.17) is 23.2 Å². The van der Waals surface area contributed by atoms with Gasteiger partial charge in [-0.1, -0.05) is 23.2 Å². The minimum Gasteiger partial charge on any atom is -0.278 e. The van der Waals surface area contributed by atoms with Crippen LogP contribution in [0.15, 0.2) is 35.3 Å². The molecule has 1 aromatic carbocycles. The molecule has 2 nitrogen and oxygen atoms in total. The number of aromatic nitrogens is 1. The van der Waals surface area contributed by atoms with E-state index < -0.39 is 33.8 Å². The van der Waals surface area contributed by atoms with Crippen LogP contribution in [0.5, 0.6) is 0 Å². The lowest BCUT2D eigenvalue weighted by Crippen LogP contribution is -2.18. The summed E-state index contributed by atoms with van der Waals surface area (Å²) in [5.74, 6) is -1.27. The quantitative estimate of drug-likeness (QED) is 0.716. The normalized spacial score (nSPS) is 11.7. The second kappa shape index (κ2) is 5.10. The molecule has 8 heteroatoms. The summed E-state index contributed by atoms with van der Waals surface area (Å²) in [5, 5.41) is -0.429. The van der Waals surface area contributed by atoms with Gasteiger partial charge in [-0.25, -0.2) is 4.39 Å². The van der Waals surface area contributed by atoms with Crippen molar-refractivity contribution in [1.29, 1.82) is 0 Å². The van der Waals surface area contributed by atoms with Crippen molar-refractivity contribution in [3.05, 3.63) is 62.2 Å². The molecular formula is C12H5Cl2F4NO. The van der Waals surface area contributed by atoms with Gasteiger partial charge in [0.1, 0.15) is 11.5 Å². The molecule has 0 spiro atoms. The van der Waals surface area contributed by atoms with Gasteiger partial charge in [-0.2, -0.15) is 13.2 Å². The number of alkyl halides is 3. The average molecular weight is 326 g/mol. The van der Waals surface area contributed by atoms with Crippen LogP contribution in [0.3, 0.4) is 0 Å². The molecule has 1 aromatic heterocycles. The SMILES string of the molecule is O=c1ccc(Cl)cn1-c1c(F)cc(C(F)(F)F)cc1Cl. The monoisotopic (exact) mass is 325 g/mol. The Morgan fingerprint density at radius 1 is 1.10 bits per heavy atom. The zero-order chi connectivity index (χ0) is 15.1. The Morgan fingerprint density at radius 3 is 2.30 bits per heavy atom. The second-order valence-electron chi connectivity index (χ2n) is 3.84. The van der Waals surface area contributed by atoms with Crippen molar-refractivity contribution in [1.82, 2.24) is 4.57 Å². The molecule has 0 amide bonds. The predicted octanol–water partition coefficient (Wildman–Crippen LogP) is 4.30. The summed E-state index contributed by atoms with van der Waals surface area (Å²) in [7, 11) is 0. The fraction of sp³-hybridized carbons (Fsp3) is 0.0833. The van der Waals surface area contributed by atoms with Gasteiger partial charge in [0.25, 0.3) is 5.56 Å². The molecule has 0 fully saturated rings. The number of hydrogen-bond acceptors (Lipinski definition) is 1. The molecule has 1 heterocycles. The molecule has 2 rings (SSSR count). The van der Waals surface area contributed by atoms with Crippen LogP contribution in [0, 0.1) is 5.82 Å². The molecule has 2 aromatic rings. The van der Waals surface area contributed by atoms with Crippen molar-refractivity contribution in [2.45, 2.75) is 6.18 Å². The zero-order valence-corrected chi connectivity index (χ0v) is 11.0. The standard InChI is InChI=1S/C12H5Cl2F4NO/c13-7-1-2-10(20)19(5-7)11-8(14)3-6(4-9(11)15)12(16,17)18/h1-5H. The molecule has 0 aliphatic heterocycles. The van der Waals surface area contributed by atoms with Gasteiger partial charge in [0.05, 0.1) is 15.6 Å². The Kier molecular flexibility index (Phi) is 3.80. The Bertz CT molecular complexity index is 701. The Hall–Kier alpha value is -1.53. The van der Waals surface area contributed by atoms with E-state index in [1.165, 1.54) is 6.07 Å². The highest BCUT2D eigenvalue weighted by atomic mass is 35.5. The molecule has 0 unspecified atom stereocenters. The van der Waals surface area contributed by atoms with E-state index in [2.05, 4.69) is 0 Å². The lowest BCUT2D eigenvalue weighted by molar-refractivity contribution is -0.137. The first-order valence-electron chi connectivity index (χ1n) is 5.15. The summed E-state index contributed by atoms with van der Waals surface area (Å²) in [6.45, 7) is 0. The average Bonchev–Trinajstić information content (AvgIpc) is 2.31. The van der Waals surface area contributed by atoms with Crippen LogP contribution in [0.25, 0.3) is 5.69 Å². The highest BCUT2D eigenvalue weighted by Gasteiger charge is 2.32. The summed E-state index contributed by atoms with van der Waals surface area (Å²) in [5.41, 5.74) is -2.39. The molecule has 0 N–H and O–H groups in total. The van der Waals surface area contributed by atoms with Crippen LogP contribution in [-0.4, -0.2) is 4.57 Å². The van der Waals surface area contributed by atoms with Crippen molar-refractivity contribution in [3.8, 4) is 5.69 Å². The molecule has 0 bridgehead atoms. The fourth-order valence-corrected chi connectivity index (χ4v) is 2.05. The van der Waals surface area contributed by atoms with Crippen LogP contribution in [0.4, 0.5) is 17.6 Å². The molecule has 106 valence electrons. The maximum absolute atomic E-state index is 13.9. The smallest absolute Gasteiger partial charge is 0.278 e. The number of nitrogens with zero attached hydrogens (tertiary/aromatic N) is 1. The lowest BCUT2D eigenvalue weighted by Gasteiger charge is -2.13. The zero-order valence-electron chi connectivity index (χ0n) is 9.51. The second-order valence-corrected chi connectivity index (χ2v) is 4.69. The maximum Gasteiger partial charge on any atom is 0.416 e. The highest BCUT2D eigenvalue weighted by molar-refractivity contribution is 6.32. The molecule has 0 saturated carbocycles. The molecule has 0 saturated heterocycles. The van der Waals surface area contributed by atoms with Gasteiger partial charge < -0.3 is 0 Å². The van der Waals surface area contributed by atoms with Crippen molar-refractivity contribution in [3.63, 3.8) is 0 Å². The fourth-order valence-electron chi connectivity index (χ4n) is 1.60. The highest BCUT2D eigenvalue weighted by Crippen LogP contribution is 2.34. The summed E-state index contributed by atoms with van der Waals surface area (Å²) in [4.78, 5) is 11.6. The largest absolute Gasteiger partial charge is 0.416 e. The molecule has 0 aliphatic carbocycles. The number of halogens is 6. The minimum absolute atomic E-state index is 0.111. The number of pyridine rings is 1. The third kappa shape index (κ3) is 2.81. The molecule has 0 radical (unpaired) electrons. The van der Waals surface area contributed by atoms with Gasteiger partial charge in [-0.05, 0) is 18.2 Å². The lowest BCUT2D eigenvalue weighted by atomic mass is 10.2. The van der Waals surface area contributed by atoms with Gasteiger partial charge in [-0.15, -0.1) is 0 Å². The molecule has 20 heavy (non-hydrogen) atoms. The van der Waals surface area contributed by atoms with Crippen LogP contribution in [-0.2, 0) is 6.18 Å². The van der Waals surface area contributed by atoms with Gasteiger partial charge >= 0.3 is 6.18 Å². The third-order valence-electron chi connectivity index (χ3n) is 2.46. The van der Waals surface area contributed by atoms with Gasteiger partial charge in [-0.3, -0.25) is 9.36 Å². The van der Waals surface area contributed by atoms with Crippen LogP contribution in [0.1, 0.15) is 5.56 Å². The van der Waals surface area contributed by atoms with Gasteiger partial charge in [0, 0.05) is 12.3 Å². The molecule has 0 aliphatic rings. The minimum atomic E-state index is -4.73. The Labute approximate surface area is 120 Å². The van der Waals surface area contributed by atoms with Gasteiger partial charge in [0.15, 0.2) is 0 Å². The van der Waals surface area contributed by atoms with E-state index in [1.54, 1.807) is 0 Å². The first-order valence-corrected chi connectivity index (χ1v) is 5.90. The summed E-state index contributed by atoms with van der Waals surface area (Å²) < 4.78 is 52.1. The van der Waals surface area contributed by atoms with Crippen molar-refractivity contribution in [2.24, 2.45) is 0 Å². The first kappa shape index (κ1) is 14.9. The predicted molar refractivity (Wildman–Crippen MR) is 67.0 cm³/mol. The molecular weight excluding hydrogens is 321 g/mol. The summed E-state index contributed by atoms with van der Waals surface area (Å²) in [6.07, 6.45) is -3.66. The van der Waals surface area contributed by atoms with E-state index in [0.29, 0.717) is 6.07 Å². The van der Waals surface area contributed by atoms with E-state index >= 15 is 0 Å². The van der Waals surface area contributed by atoms with Crippen molar-refractivity contribution >= 4 is 23.2 Å². The number of hydrogen-bond donors (Lipinski definition) is 0. The topological polar surface area (TPSA) is 22.0 Å². The van der Waals surface area contributed by atoms with Crippen molar-refractivity contribution < 1.29 is 17.6 Å². The Balaban J connectivity index is 2.71. The van der Waals surface area contributed by atoms with Gasteiger partial charge in [0.2, 0.25) is 0 Å². The van der Waals surface area contributed by atoms with Crippen LogP contribution < -0.4 is 5.56 Å². The van der Waals surface area contributed by atoms with E-state index in [0.717, 1.165) is 16.8 Å². The maximum atomic E-state index is 13.9. The summed E-state index contributed by atoms with van der Waals surface area (Å²) in [6, 6.07) is 3.15. The Morgan fingerprint density at radius 2 is 1.75 bits per heavy atom. The van der Waals surface area contributed by atoms with E-state index in [1.807, 2.05) is 0 Å². The number of benzene rings is 1. The first-order chi connectivity index (χ1) is 9.20. The van der Waals surface area contributed by atoms with Crippen molar-refractivity contribution in [2.75, 3.05) is 0 Å². The molecule has 0 atom stereocenters. The summed E-state index contributed by atoms with van der Waals surface area (Å²) >= 11 is 11.3.